The summed E-state index contributed by atoms with van der Waals surface area (Å²) in [6.45, 7) is 2.16. The number of benzene rings is 1. The molecule has 0 fully saturated rings. The maximum atomic E-state index is 11.7. The molecule has 1 aromatic carbocycles. The van der Waals surface area contributed by atoms with Gasteiger partial charge < -0.3 is 15.0 Å². The van der Waals surface area contributed by atoms with Gasteiger partial charge in [-0.05, 0) is 25.1 Å². The third kappa shape index (κ3) is 1.52. The summed E-state index contributed by atoms with van der Waals surface area (Å²) >= 11 is 0. The van der Waals surface area contributed by atoms with Gasteiger partial charge in [0, 0.05) is 18.1 Å². The summed E-state index contributed by atoms with van der Waals surface area (Å²) in [6.07, 6.45) is 0. The molecule has 2 rings (SSSR count). The lowest BCUT2D eigenvalue weighted by molar-refractivity contribution is 0.0516. The highest BCUT2D eigenvalue weighted by atomic mass is 16.5. The zero-order valence-corrected chi connectivity index (χ0v) is 9.36. The number of nitrogens with two attached hydrogens (primary N) is 1. The lowest BCUT2D eigenvalue weighted by atomic mass is 10.2. The van der Waals surface area contributed by atoms with Crippen molar-refractivity contribution in [2.75, 3.05) is 12.3 Å². The Hall–Kier alpha value is -1.97. The average molecular weight is 218 g/mol. The summed E-state index contributed by atoms with van der Waals surface area (Å²) in [5.41, 5.74) is 7.97. The molecule has 84 valence electrons. The van der Waals surface area contributed by atoms with Gasteiger partial charge in [0.15, 0.2) is 0 Å². The Bertz CT molecular complexity index is 543. The second-order valence-electron chi connectivity index (χ2n) is 3.59. The largest absolute Gasteiger partial charge is 0.461 e. The predicted molar refractivity (Wildman–Crippen MR) is 63.3 cm³/mol. The number of hydrogen-bond donors (Lipinski definition) is 1. The minimum Gasteiger partial charge on any atom is -0.461 e. The normalized spacial score (nSPS) is 10.6. The van der Waals surface area contributed by atoms with E-state index in [-0.39, 0.29) is 5.97 Å². The van der Waals surface area contributed by atoms with Crippen molar-refractivity contribution < 1.29 is 9.53 Å². The Kier molecular flexibility index (Phi) is 2.56. The molecule has 1 heterocycles. The van der Waals surface area contributed by atoms with Crippen LogP contribution < -0.4 is 5.73 Å². The van der Waals surface area contributed by atoms with Crippen LogP contribution in [0, 0.1) is 0 Å². The number of esters is 1. The highest BCUT2D eigenvalue weighted by molar-refractivity contribution is 5.99. The molecule has 0 radical (unpaired) electrons. The highest BCUT2D eigenvalue weighted by Crippen LogP contribution is 2.24. The maximum absolute atomic E-state index is 11.7. The van der Waals surface area contributed by atoms with Crippen LogP contribution in [-0.4, -0.2) is 17.1 Å². The van der Waals surface area contributed by atoms with Gasteiger partial charge in [0.1, 0.15) is 5.69 Å². The number of nitrogens with zero attached hydrogens (tertiary/aromatic N) is 1. The first kappa shape index (κ1) is 10.5. The fourth-order valence-electron chi connectivity index (χ4n) is 1.78. The van der Waals surface area contributed by atoms with Crippen LogP contribution in [0.1, 0.15) is 17.4 Å². The van der Waals surface area contributed by atoms with Gasteiger partial charge in [0.2, 0.25) is 0 Å². The second kappa shape index (κ2) is 3.89. The van der Waals surface area contributed by atoms with Gasteiger partial charge in [-0.15, -0.1) is 0 Å². The molecule has 0 atom stereocenters. The first-order valence-electron chi connectivity index (χ1n) is 5.16. The van der Waals surface area contributed by atoms with Gasteiger partial charge in [-0.2, -0.15) is 0 Å². The molecule has 0 bridgehead atoms. The molecule has 0 saturated heterocycles. The van der Waals surface area contributed by atoms with Crippen LogP contribution in [0.4, 0.5) is 5.69 Å². The molecule has 0 unspecified atom stereocenters. The number of carbonyl (C=O) groups excluding carboxylic acids is 1. The summed E-state index contributed by atoms with van der Waals surface area (Å²) in [7, 11) is 1.83. The number of aromatic nitrogens is 1. The number of rotatable bonds is 2. The smallest absolute Gasteiger partial charge is 0.354 e. The van der Waals surface area contributed by atoms with E-state index < -0.39 is 0 Å². The van der Waals surface area contributed by atoms with Crippen LogP contribution in [0.3, 0.4) is 0 Å². The standard InChI is InChI=1S/C12H14N2O2/c1-3-16-12(15)11-7-8-9(13)5-4-6-10(8)14(11)2/h4-7H,3,13H2,1-2H3. The van der Waals surface area contributed by atoms with E-state index in [1.807, 2.05) is 25.2 Å². The zero-order chi connectivity index (χ0) is 11.7. The Labute approximate surface area is 93.6 Å². The molecule has 0 saturated carbocycles. The number of fused-ring (bicyclic) bond motifs is 1. The summed E-state index contributed by atoms with van der Waals surface area (Å²) in [6, 6.07) is 7.38. The van der Waals surface area contributed by atoms with Crippen molar-refractivity contribution in [3.8, 4) is 0 Å². The maximum Gasteiger partial charge on any atom is 0.354 e. The molecule has 0 amide bonds. The van der Waals surface area contributed by atoms with Crippen LogP contribution >= 0.6 is 0 Å². The van der Waals surface area contributed by atoms with E-state index in [0.717, 1.165) is 10.9 Å². The first-order valence-corrected chi connectivity index (χ1v) is 5.16. The Morgan fingerprint density at radius 3 is 2.88 bits per heavy atom. The zero-order valence-electron chi connectivity index (χ0n) is 9.36. The number of nitrogen functional groups attached to an aromatic ring is 1. The number of carbonyl (C=O) groups is 1. The highest BCUT2D eigenvalue weighted by Gasteiger charge is 2.14. The third-order valence-electron chi connectivity index (χ3n) is 2.61. The van der Waals surface area contributed by atoms with Crippen molar-refractivity contribution in [1.29, 1.82) is 0 Å². The summed E-state index contributed by atoms with van der Waals surface area (Å²) in [5.74, 6) is -0.319. The lowest BCUT2D eigenvalue weighted by Gasteiger charge is -2.03. The van der Waals surface area contributed by atoms with Crippen LogP contribution in [-0.2, 0) is 11.8 Å². The quantitative estimate of drug-likeness (QED) is 0.619. The molecule has 4 nitrogen and oxygen atoms in total. The molecular formula is C12H14N2O2. The van der Waals surface area contributed by atoms with Gasteiger partial charge in [0.05, 0.1) is 12.1 Å². The monoisotopic (exact) mass is 218 g/mol. The van der Waals surface area contributed by atoms with Gasteiger partial charge in [-0.3, -0.25) is 0 Å². The van der Waals surface area contributed by atoms with E-state index in [4.69, 9.17) is 10.5 Å². The summed E-state index contributed by atoms with van der Waals surface area (Å²) in [5, 5.41) is 0.882. The molecule has 0 aliphatic rings. The van der Waals surface area contributed by atoms with E-state index in [2.05, 4.69) is 0 Å². The molecule has 2 N–H and O–H groups in total. The molecule has 16 heavy (non-hydrogen) atoms. The Morgan fingerprint density at radius 2 is 2.25 bits per heavy atom. The molecule has 2 aromatic rings. The first-order chi connectivity index (χ1) is 7.65. The van der Waals surface area contributed by atoms with Gasteiger partial charge in [0.25, 0.3) is 0 Å². The molecule has 0 aliphatic carbocycles. The molecule has 4 heteroatoms. The molecule has 0 aliphatic heterocycles. The average Bonchev–Trinajstić information content (AvgIpc) is 2.59. The van der Waals surface area contributed by atoms with Crippen molar-refractivity contribution in [2.24, 2.45) is 7.05 Å². The van der Waals surface area contributed by atoms with Crippen molar-refractivity contribution in [1.82, 2.24) is 4.57 Å². The van der Waals surface area contributed by atoms with Crippen molar-refractivity contribution in [3.05, 3.63) is 30.0 Å². The second-order valence-corrected chi connectivity index (χ2v) is 3.59. The minimum atomic E-state index is -0.319. The number of anilines is 1. The molecule has 0 spiro atoms. The Balaban J connectivity index is 2.60. The van der Waals surface area contributed by atoms with Crippen LogP contribution in [0.25, 0.3) is 10.9 Å². The predicted octanol–water partition coefficient (Wildman–Crippen LogP) is 1.94. The van der Waals surface area contributed by atoms with Gasteiger partial charge in [-0.25, -0.2) is 4.79 Å². The lowest BCUT2D eigenvalue weighted by Crippen LogP contribution is -2.09. The SMILES string of the molecule is CCOC(=O)c1cc2c(N)cccc2n1C. The number of ether oxygens (including phenoxy) is 1. The van der Waals surface area contributed by atoms with Crippen LogP contribution in [0.5, 0.6) is 0 Å². The van der Waals surface area contributed by atoms with E-state index >= 15 is 0 Å². The van der Waals surface area contributed by atoms with Gasteiger partial charge >= 0.3 is 5.97 Å². The van der Waals surface area contributed by atoms with Crippen molar-refractivity contribution >= 4 is 22.6 Å². The third-order valence-corrected chi connectivity index (χ3v) is 2.61. The fraction of sp³-hybridized carbons (Fsp3) is 0.250. The van der Waals surface area contributed by atoms with Crippen LogP contribution in [0.15, 0.2) is 24.3 Å². The van der Waals surface area contributed by atoms with E-state index in [1.54, 1.807) is 17.6 Å². The van der Waals surface area contributed by atoms with Crippen molar-refractivity contribution in [2.45, 2.75) is 6.92 Å². The summed E-state index contributed by atoms with van der Waals surface area (Å²) in [4.78, 5) is 11.7. The van der Waals surface area contributed by atoms with Gasteiger partial charge in [-0.1, -0.05) is 6.07 Å². The van der Waals surface area contributed by atoms with E-state index in [1.165, 1.54) is 0 Å². The van der Waals surface area contributed by atoms with E-state index in [0.29, 0.717) is 18.0 Å². The van der Waals surface area contributed by atoms with E-state index in [9.17, 15) is 4.79 Å². The Morgan fingerprint density at radius 1 is 1.50 bits per heavy atom. The van der Waals surface area contributed by atoms with Crippen LogP contribution in [0.2, 0.25) is 0 Å². The number of hydrogen-bond acceptors (Lipinski definition) is 3. The molecular weight excluding hydrogens is 204 g/mol. The van der Waals surface area contributed by atoms with Crippen molar-refractivity contribution in [3.63, 3.8) is 0 Å². The topological polar surface area (TPSA) is 57.2 Å². The molecule has 1 aromatic heterocycles. The number of aryl methyl sites for hydroxylation is 1. The minimum absolute atomic E-state index is 0.319. The summed E-state index contributed by atoms with van der Waals surface area (Å²) < 4.78 is 6.77. The fourth-order valence-corrected chi connectivity index (χ4v) is 1.78.